The van der Waals surface area contributed by atoms with E-state index in [0.29, 0.717) is 12.1 Å². The van der Waals surface area contributed by atoms with Crippen LogP contribution in [0.15, 0.2) is 0 Å². The second-order valence-electron chi connectivity index (χ2n) is 6.68. The van der Waals surface area contributed by atoms with Gasteiger partial charge >= 0.3 is 5.84 Å². The smallest absolute Gasteiger partial charge is 0.289 e. The molecule has 0 amide bonds. The van der Waals surface area contributed by atoms with Gasteiger partial charge in [0.15, 0.2) is 0 Å². The lowest BCUT2D eigenvalue weighted by molar-refractivity contribution is -0.576. The van der Waals surface area contributed by atoms with Crippen LogP contribution < -0.4 is 0 Å². The fraction of sp³-hybridized carbons (Fsp3) is 0.895. The number of nitrogens with zero attached hydrogens (tertiary/aromatic N) is 2. The molecule has 0 spiro atoms. The van der Waals surface area contributed by atoms with Crippen molar-refractivity contribution in [2.45, 2.75) is 97.6 Å². The molecule has 1 aliphatic heterocycles. The van der Waals surface area contributed by atoms with Gasteiger partial charge in [-0.2, -0.15) is 0 Å². The minimum Gasteiger partial charge on any atom is -0.289 e. The van der Waals surface area contributed by atoms with E-state index < -0.39 is 0 Å². The van der Waals surface area contributed by atoms with Gasteiger partial charge in [0, 0.05) is 6.42 Å². The third kappa shape index (κ3) is 5.10. The van der Waals surface area contributed by atoms with E-state index in [-0.39, 0.29) is 0 Å². The van der Waals surface area contributed by atoms with Crippen LogP contribution >= 0.6 is 0 Å². The van der Waals surface area contributed by atoms with Crippen molar-refractivity contribution in [3.8, 4) is 0 Å². The minimum absolute atomic E-state index is 0.543. The van der Waals surface area contributed by atoms with E-state index in [4.69, 9.17) is 0 Å². The lowest BCUT2D eigenvalue weighted by Crippen LogP contribution is -2.52. The van der Waals surface area contributed by atoms with Gasteiger partial charge in [0.05, 0.1) is 25.2 Å². The standard InChI is InChI=1S/C19H37N2O/c1-5-10-17(11-6-2)20-14-9-15-21(19(20)16-22)18(12-7-3)13-8-4/h16-18H,5-15H2,1-4H3/q+1. The lowest BCUT2D eigenvalue weighted by atomic mass is 10.0. The van der Waals surface area contributed by atoms with Crippen molar-refractivity contribution in [3.05, 3.63) is 0 Å². The fourth-order valence-corrected chi connectivity index (χ4v) is 3.93. The summed E-state index contributed by atoms with van der Waals surface area (Å²) in [4.78, 5) is 14.3. The second-order valence-corrected chi connectivity index (χ2v) is 6.68. The quantitative estimate of drug-likeness (QED) is 0.421. The first-order valence-electron chi connectivity index (χ1n) is 9.58. The number of carbonyl (C=O) groups is 1. The summed E-state index contributed by atoms with van der Waals surface area (Å²) in [6.07, 6.45) is 11.9. The molecule has 0 aromatic heterocycles. The van der Waals surface area contributed by atoms with Gasteiger partial charge in [-0.15, -0.1) is 0 Å². The molecule has 0 aromatic rings. The van der Waals surface area contributed by atoms with Gasteiger partial charge in [0.1, 0.15) is 0 Å². The van der Waals surface area contributed by atoms with E-state index in [1.54, 1.807) is 0 Å². The average Bonchev–Trinajstić information content (AvgIpc) is 2.53. The summed E-state index contributed by atoms with van der Waals surface area (Å²) in [6.45, 7) is 11.1. The van der Waals surface area contributed by atoms with Crippen molar-refractivity contribution < 1.29 is 9.37 Å². The van der Waals surface area contributed by atoms with E-state index in [1.807, 2.05) is 0 Å². The summed E-state index contributed by atoms with van der Waals surface area (Å²) in [5, 5.41) is 0. The van der Waals surface area contributed by atoms with E-state index in [1.165, 1.54) is 57.8 Å². The maximum absolute atomic E-state index is 11.9. The molecule has 22 heavy (non-hydrogen) atoms. The van der Waals surface area contributed by atoms with Gasteiger partial charge in [-0.1, -0.05) is 53.4 Å². The molecule has 3 nitrogen and oxygen atoms in total. The van der Waals surface area contributed by atoms with Gasteiger partial charge in [-0.3, -0.25) is 14.3 Å². The summed E-state index contributed by atoms with van der Waals surface area (Å²) in [7, 11) is 0. The maximum Gasteiger partial charge on any atom is 0.313 e. The molecule has 0 N–H and O–H groups in total. The number of hydrogen-bond donors (Lipinski definition) is 0. The highest BCUT2D eigenvalue weighted by atomic mass is 16.1. The Morgan fingerprint density at radius 3 is 2.00 bits per heavy atom. The molecule has 0 atom stereocenters. The molecule has 0 aliphatic carbocycles. The van der Waals surface area contributed by atoms with Gasteiger partial charge in [0.2, 0.25) is 6.29 Å². The minimum atomic E-state index is 0.543. The Kier molecular flexibility index (Phi) is 9.42. The molecule has 0 fully saturated rings. The number of aldehydes is 1. The molecule has 0 aromatic carbocycles. The van der Waals surface area contributed by atoms with E-state index >= 15 is 0 Å². The number of rotatable bonds is 11. The van der Waals surface area contributed by atoms with E-state index in [2.05, 4.69) is 37.2 Å². The van der Waals surface area contributed by atoms with Crippen LogP contribution in [0.2, 0.25) is 0 Å². The molecular weight excluding hydrogens is 272 g/mol. The van der Waals surface area contributed by atoms with Gasteiger partial charge in [0.25, 0.3) is 0 Å². The summed E-state index contributed by atoms with van der Waals surface area (Å²) < 4.78 is 2.43. The zero-order valence-electron chi connectivity index (χ0n) is 15.3. The van der Waals surface area contributed by atoms with Crippen LogP contribution in [-0.4, -0.2) is 46.8 Å². The van der Waals surface area contributed by atoms with Crippen LogP contribution in [0.1, 0.15) is 85.5 Å². The van der Waals surface area contributed by atoms with Crippen LogP contribution in [0.25, 0.3) is 0 Å². The molecule has 0 saturated carbocycles. The first kappa shape index (κ1) is 19.2. The summed E-state index contributed by atoms with van der Waals surface area (Å²) in [5.41, 5.74) is 0. The Bertz CT molecular complexity index is 339. The molecule has 3 heteroatoms. The highest BCUT2D eigenvalue weighted by Gasteiger charge is 2.35. The zero-order chi connectivity index (χ0) is 16.4. The summed E-state index contributed by atoms with van der Waals surface area (Å²) in [5.74, 6) is 0.977. The van der Waals surface area contributed by atoms with Crippen molar-refractivity contribution in [2.75, 3.05) is 13.1 Å². The number of hydrogen-bond acceptors (Lipinski definition) is 2. The number of carbonyl (C=O) groups excluding carboxylic acids is 1. The van der Waals surface area contributed by atoms with Crippen molar-refractivity contribution in [1.82, 2.24) is 4.90 Å². The van der Waals surface area contributed by atoms with Crippen LogP contribution in [0, 0.1) is 0 Å². The Morgan fingerprint density at radius 1 is 1.00 bits per heavy atom. The predicted molar refractivity (Wildman–Crippen MR) is 94.7 cm³/mol. The molecule has 0 saturated heterocycles. The number of amidine groups is 1. The van der Waals surface area contributed by atoms with Crippen molar-refractivity contribution >= 4 is 12.1 Å². The average molecular weight is 310 g/mol. The van der Waals surface area contributed by atoms with Gasteiger partial charge < -0.3 is 0 Å². The van der Waals surface area contributed by atoms with Crippen molar-refractivity contribution in [2.24, 2.45) is 0 Å². The third-order valence-electron chi connectivity index (χ3n) is 4.86. The van der Waals surface area contributed by atoms with E-state index in [0.717, 1.165) is 25.2 Å². The molecule has 0 unspecified atom stereocenters. The van der Waals surface area contributed by atoms with Gasteiger partial charge in [-0.05, 0) is 25.7 Å². The van der Waals surface area contributed by atoms with E-state index in [9.17, 15) is 4.79 Å². The van der Waals surface area contributed by atoms with Crippen LogP contribution in [0.5, 0.6) is 0 Å². The Hall–Kier alpha value is -0.860. The molecule has 128 valence electrons. The molecular formula is C19H37N2O+. The molecule has 1 rings (SSSR count). The van der Waals surface area contributed by atoms with Crippen molar-refractivity contribution in [1.29, 1.82) is 0 Å². The third-order valence-corrected chi connectivity index (χ3v) is 4.86. The first-order valence-corrected chi connectivity index (χ1v) is 9.58. The SMILES string of the molecule is CCCC(CCC)N1CCC[N+](C(CCC)CCC)=C1C=O. The monoisotopic (exact) mass is 309 g/mol. The Labute approximate surface area is 137 Å². The topological polar surface area (TPSA) is 23.3 Å². The lowest BCUT2D eigenvalue weighted by Gasteiger charge is -2.33. The van der Waals surface area contributed by atoms with Crippen LogP contribution in [0.4, 0.5) is 0 Å². The summed E-state index contributed by atoms with van der Waals surface area (Å²) >= 11 is 0. The molecule has 1 heterocycles. The molecule has 0 bridgehead atoms. The molecule has 0 radical (unpaired) electrons. The fourth-order valence-electron chi connectivity index (χ4n) is 3.93. The second kappa shape index (κ2) is 10.8. The van der Waals surface area contributed by atoms with Crippen LogP contribution in [0.3, 0.4) is 0 Å². The zero-order valence-corrected chi connectivity index (χ0v) is 15.3. The summed E-state index contributed by atoms with van der Waals surface area (Å²) in [6, 6.07) is 1.09. The normalized spacial score (nSPS) is 16.0. The van der Waals surface area contributed by atoms with Gasteiger partial charge in [-0.25, -0.2) is 0 Å². The maximum atomic E-state index is 11.9. The highest BCUT2D eigenvalue weighted by Crippen LogP contribution is 2.20. The largest absolute Gasteiger partial charge is 0.313 e. The first-order chi connectivity index (χ1) is 10.7. The molecule has 1 aliphatic rings. The van der Waals surface area contributed by atoms with Crippen LogP contribution in [-0.2, 0) is 4.79 Å². The predicted octanol–water partition coefficient (Wildman–Crippen LogP) is 4.24. The van der Waals surface area contributed by atoms with Crippen molar-refractivity contribution in [3.63, 3.8) is 0 Å². The Morgan fingerprint density at radius 2 is 1.55 bits per heavy atom. The Balaban J connectivity index is 3.06. The highest BCUT2D eigenvalue weighted by molar-refractivity contribution is 6.24.